The number of carbonyl (C=O) groups is 2. The van der Waals surface area contributed by atoms with E-state index >= 15 is 0 Å². The van der Waals surface area contributed by atoms with Crippen LogP contribution in [0.5, 0.6) is 11.5 Å². The van der Waals surface area contributed by atoms with Crippen molar-refractivity contribution in [1.29, 1.82) is 0 Å². The molecule has 2 rings (SSSR count). The second-order valence-corrected chi connectivity index (χ2v) is 5.45. The molecule has 114 valence electrons. The molecule has 0 fully saturated rings. The molecule has 0 aromatic heterocycles. The monoisotopic (exact) mass is 362 g/mol. The van der Waals surface area contributed by atoms with Gasteiger partial charge in [-0.2, -0.15) is 0 Å². The molecular formula is C17H15BrO4. The third-order valence-corrected chi connectivity index (χ3v) is 3.37. The van der Waals surface area contributed by atoms with Crippen molar-refractivity contribution in [2.24, 2.45) is 0 Å². The van der Waals surface area contributed by atoms with Crippen LogP contribution in [0.4, 0.5) is 0 Å². The first kappa shape index (κ1) is 16.2. The van der Waals surface area contributed by atoms with Crippen LogP contribution in [0, 0.1) is 0 Å². The fourth-order valence-electron chi connectivity index (χ4n) is 1.93. The van der Waals surface area contributed by atoms with Crippen molar-refractivity contribution in [2.45, 2.75) is 13.3 Å². The summed E-state index contributed by atoms with van der Waals surface area (Å²) in [6, 6.07) is 12.3. The first-order valence-corrected chi connectivity index (χ1v) is 7.59. The summed E-state index contributed by atoms with van der Waals surface area (Å²) >= 11 is 3.31. The van der Waals surface area contributed by atoms with Gasteiger partial charge >= 0.3 is 5.97 Å². The van der Waals surface area contributed by atoms with Crippen molar-refractivity contribution in [3.05, 3.63) is 58.1 Å². The Hall–Kier alpha value is -2.14. The van der Waals surface area contributed by atoms with Gasteiger partial charge in [0.1, 0.15) is 11.5 Å². The normalized spacial score (nSPS) is 10.1. The molecule has 0 aliphatic carbocycles. The highest BCUT2D eigenvalue weighted by molar-refractivity contribution is 9.10. The van der Waals surface area contributed by atoms with E-state index in [1.54, 1.807) is 43.3 Å². The number of carbonyl (C=O) groups excluding carboxylic acids is 2. The second kappa shape index (κ2) is 7.75. The van der Waals surface area contributed by atoms with Crippen molar-refractivity contribution < 1.29 is 19.1 Å². The van der Waals surface area contributed by atoms with Crippen LogP contribution in [-0.2, 0) is 16.0 Å². The van der Waals surface area contributed by atoms with E-state index < -0.39 is 0 Å². The quantitative estimate of drug-likeness (QED) is 0.571. The maximum Gasteiger partial charge on any atom is 0.310 e. The summed E-state index contributed by atoms with van der Waals surface area (Å²) < 4.78 is 11.5. The van der Waals surface area contributed by atoms with Gasteiger partial charge in [-0.25, -0.2) is 0 Å². The first-order chi connectivity index (χ1) is 10.6. The lowest BCUT2D eigenvalue weighted by molar-refractivity contribution is -0.142. The lowest BCUT2D eigenvalue weighted by atomic mass is 10.1. The van der Waals surface area contributed by atoms with Gasteiger partial charge in [0.05, 0.1) is 18.6 Å². The van der Waals surface area contributed by atoms with Crippen LogP contribution in [0.15, 0.2) is 46.9 Å². The van der Waals surface area contributed by atoms with Crippen LogP contribution in [0.1, 0.15) is 22.8 Å². The molecular weight excluding hydrogens is 348 g/mol. The number of esters is 1. The van der Waals surface area contributed by atoms with Gasteiger partial charge in [-0.1, -0.05) is 28.1 Å². The Labute approximate surface area is 137 Å². The molecule has 0 aliphatic rings. The predicted molar refractivity (Wildman–Crippen MR) is 86.4 cm³/mol. The lowest BCUT2D eigenvalue weighted by Gasteiger charge is -2.09. The average Bonchev–Trinajstić information content (AvgIpc) is 2.49. The molecule has 0 N–H and O–H groups in total. The Kier molecular flexibility index (Phi) is 5.72. The summed E-state index contributed by atoms with van der Waals surface area (Å²) in [5.41, 5.74) is 1.24. The van der Waals surface area contributed by atoms with Gasteiger partial charge in [0.2, 0.25) is 0 Å². The summed E-state index contributed by atoms with van der Waals surface area (Å²) in [5.74, 6) is 0.746. The van der Waals surface area contributed by atoms with Gasteiger partial charge < -0.3 is 9.47 Å². The highest BCUT2D eigenvalue weighted by Crippen LogP contribution is 2.27. The molecule has 0 spiro atoms. The van der Waals surface area contributed by atoms with E-state index in [4.69, 9.17) is 9.47 Å². The maximum atomic E-state index is 11.5. The van der Waals surface area contributed by atoms with E-state index in [0.29, 0.717) is 23.7 Å². The molecule has 4 nitrogen and oxygen atoms in total. The van der Waals surface area contributed by atoms with Crippen molar-refractivity contribution in [2.75, 3.05) is 6.61 Å². The summed E-state index contributed by atoms with van der Waals surface area (Å²) in [6.07, 6.45) is 0.925. The number of aldehydes is 1. The van der Waals surface area contributed by atoms with Gasteiger partial charge in [-0.3, -0.25) is 9.59 Å². The largest absolute Gasteiger partial charge is 0.466 e. The highest BCUT2D eigenvalue weighted by Gasteiger charge is 2.08. The van der Waals surface area contributed by atoms with E-state index in [0.717, 1.165) is 16.3 Å². The second-order valence-electron chi connectivity index (χ2n) is 4.53. The lowest BCUT2D eigenvalue weighted by Crippen LogP contribution is -2.07. The molecule has 5 heteroatoms. The van der Waals surface area contributed by atoms with E-state index in [1.165, 1.54) is 0 Å². The zero-order valence-corrected chi connectivity index (χ0v) is 13.6. The number of benzene rings is 2. The molecule has 2 aromatic carbocycles. The van der Waals surface area contributed by atoms with Gasteiger partial charge in [0, 0.05) is 4.47 Å². The van der Waals surface area contributed by atoms with Gasteiger partial charge in [0.15, 0.2) is 6.29 Å². The minimum absolute atomic E-state index is 0.186. The molecule has 0 saturated carbocycles. The minimum Gasteiger partial charge on any atom is -0.466 e. The third-order valence-electron chi connectivity index (χ3n) is 2.88. The van der Waals surface area contributed by atoms with Crippen LogP contribution in [0.2, 0.25) is 0 Å². The van der Waals surface area contributed by atoms with E-state index in [-0.39, 0.29) is 12.4 Å². The molecule has 22 heavy (non-hydrogen) atoms. The zero-order valence-electron chi connectivity index (χ0n) is 12.0. The summed E-state index contributed by atoms with van der Waals surface area (Å²) in [4.78, 5) is 22.6. The topological polar surface area (TPSA) is 52.6 Å². The molecule has 0 saturated heterocycles. The standard InChI is InChI=1S/C17H15BrO4/c1-2-21-17(20)9-12-4-3-5-15(8-12)22-16-7-6-14(18)10-13(16)11-19/h3-8,10-11H,2,9H2,1H3. The van der Waals surface area contributed by atoms with Gasteiger partial charge in [0.25, 0.3) is 0 Å². The Morgan fingerprint density at radius 1 is 1.23 bits per heavy atom. The van der Waals surface area contributed by atoms with Crippen molar-refractivity contribution in [3.8, 4) is 11.5 Å². The average molecular weight is 363 g/mol. The van der Waals surface area contributed by atoms with E-state index in [1.807, 2.05) is 6.07 Å². The molecule has 0 unspecified atom stereocenters. The van der Waals surface area contributed by atoms with Crippen molar-refractivity contribution in [3.63, 3.8) is 0 Å². The highest BCUT2D eigenvalue weighted by atomic mass is 79.9. The zero-order chi connectivity index (χ0) is 15.9. The molecule has 0 heterocycles. The van der Waals surface area contributed by atoms with Crippen LogP contribution in [0.3, 0.4) is 0 Å². The maximum absolute atomic E-state index is 11.5. The summed E-state index contributed by atoms with van der Waals surface area (Å²) in [7, 11) is 0. The fraction of sp³-hybridized carbons (Fsp3) is 0.176. The fourth-order valence-corrected chi connectivity index (χ4v) is 2.31. The Morgan fingerprint density at radius 3 is 2.77 bits per heavy atom. The molecule has 0 atom stereocenters. The molecule has 0 bridgehead atoms. The van der Waals surface area contributed by atoms with Crippen LogP contribution in [0.25, 0.3) is 0 Å². The number of hydrogen-bond donors (Lipinski definition) is 0. The minimum atomic E-state index is -0.281. The Balaban J connectivity index is 2.17. The third kappa shape index (κ3) is 4.43. The first-order valence-electron chi connectivity index (χ1n) is 6.79. The van der Waals surface area contributed by atoms with Crippen LogP contribution < -0.4 is 4.74 Å². The van der Waals surface area contributed by atoms with Gasteiger partial charge in [-0.05, 0) is 42.8 Å². The van der Waals surface area contributed by atoms with E-state index in [2.05, 4.69) is 15.9 Å². The summed E-state index contributed by atoms with van der Waals surface area (Å²) in [6.45, 7) is 2.13. The predicted octanol–water partition coefficient (Wildman–Crippen LogP) is 4.16. The Morgan fingerprint density at radius 2 is 2.05 bits per heavy atom. The molecule has 0 radical (unpaired) electrons. The molecule has 0 amide bonds. The Bertz CT molecular complexity index is 682. The van der Waals surface area contributed by atoms with Crippen LogP contribution in [-0.4, -0.2) is 18.9 Å². The smallest absolute Gasteiger partial charge is 0.310 e. The number of ether oxygens (including phenoxy) is 2. The number of rotatable bonds is 6. The van der Waals surface area contributed by atoms with Crippen molar-refractivity contribution in [1.82, 2.24) is 0 Å². The van der Waals surface area contributed by atoms with Crippen molar-refractivity contribution >= 4 is 28.2 Å². The molecule has 2 aromatic rings. The number of hydrogen-bond acceptors (Lipinski definition) is 4. The SMILES string of the molecule is CCOC(=O)Cc1cccc(Oc2ccc(Br)cc2C=O)c1. The van der Waals surface area contributed by atoms with E-state index in [9.17, 15) is 9.59 Å². The van der Waals surface area contributed by atoms with Gasteiger partial charge in [-0.15, -0.1) is 0 Å². The molecule has 0 aliphatic heterocycles. The number of halogens is 1. The van der Waals surface area contributed by atoms with Crippen LogP contribution >= 0.6 is 15.9 Å². The summed E-state index contributed by atoms with van der Waals surface area (Å²) in [5, 5.41) is 0.